The van der Waals surface area contributed by atoms with Crippen molar-refractivity contribution < 1.29 is 23.4 Å². The fourth-order valence-corrected chi connectivity index (χ4v) is 2.15. The number of alkyl halides is 3. The van der Waals surface area contributed by atoms with Crippen LogP contribution in [0.2, 0.25) is 5.15 Å². The van der Waals surface area contributed by atoms with Crippen molar-refractivity contribution in [3.63, 3.8) is 0 Å². The number of aliphatic hydroxyl groups excluding tert-OH is 1. The first-order chi connectivity index (χ1) is 10.6. The molecule has 9 heteroatoms. The summed E-state index contributed by atoms with van der Waals surface area (Å²) in [6.45, 7) is 0.143. The first kappa shape index (κ1) is 17.5. The third kappa shape index (κ3) is 3.10. The Hall–Kier alpha value is -1.90. The van der Waals surface area contributed by atoms with Crippen LogP contribution in [0.15, 0.2) is 24.4 Å². The van der Waals surface area contributed by atoms with Gasteiger partial charge in [-0.25, -0.2) is 9.97 Å². The van der Waals surface area contributed by atoms with Crippen molar-refractivity contribution in [1.82, 2.24) is 9.97 Å². The van der Waals surface area contributed by atoms with E-state index in [1.165, 1.54) is 12.3 Å². The van der Waals surface area contributed by atoms with Crippen molar-refractivity contribution in [2.75, 3.05) is 12.3 Å². The molecule has 4 N–H and O–H groups in total. The monoisotopic (exact) mass is 347 g/mol. The minimum atomic E-state index is -5.04. The molecule has 0 aliphatic rings. The summed E-state index contributed by atoms with van der Waals surface area (Å²) in [6.07, 6.45) is -3.78. The maximum atomic E-state index is 13.1. The van der Waals surface area contributed by atoms with E-state index >= 15 is 0 Å². The van der Waals surface area contributed by atoms with Gasteiger partial charge in [0, 0.05) is 5.56 Å². The van der Waals surface area contributed by atoms with Crippen LogP contribution in [0.3, 0.4) is 0 Å². The fraction of sp³-hybridized carbons (Fsp3) is 0.286. The standard InChI is InChI=1S/C14H13ClF3N3O2/c1-7-2-3-8(13(23,6-22)14(16,17)18)4-9(7)10-5-20-12(19)11(15)21-10/h2-5,22-23H,6H2,1H3,(H2,19,20)/t13-/m1/s1. The van der Waals surface area contributed by atoms with E-state index < -0.39 is 23.9 Å². The Labute approximate surface area is 134 Å². The van der Waals surface area contributed by atoms with Crippen LogP contribution in [0.1, 0.15) is 11.1 Å². The average Bonchev–Trinajstić information content (AvgIpc) is 2.48. The fourth-order valence-electron chi connectivity index (χ4n) is 2.01. The number of hydrogen-bond donors (Lipinski definition) is 3. The Morgan fingerprint density at radius 3 is 2.48 bits per heavy atom. The number of hydrogen-bond acceptors (Lipinski definition) is 5. The van der Waals surface area contributed by atoms with Crippen molar-refractivity contribution in [3.8, 4) is 11.3 Å². The summed E-state index contributed by atoms with van der Waals surface area (Å²) in [5, 5.41) is 18.8. The van der Waals surface area contributed by atoms with Crippen LogP contribution < -0.4 is 5.73 Å². The van der Waals surface area contributed by atoms with Gasteiger partial charge in [0.2, 0.25) is 5.60 Å². The maximum absolute atomic E-state index is 13.1. The van der Waals surface area contributed by atoms with E-state index in [1.807, 2.05) is 0 Å². The van der Waals surface area contributed by atoms with Crippen LogP contribution >= 0.6 is 11.6 Å². The summed E-state index contributed by atoms with van der Waals surface area (Å²) in [4.78, 5) is 7.77. The lowest BCUT2D eigenvalue weighted by Crippen LogP contribution is -2.45. The molecular weight excluding hydrogens is 335 g/mol. The minimum Gasteiger partial charge on any atom is -0.393 e. The number of nitrogen functional groups attached to an aromatic ring is 1. The maximum Gasteiger partial charge on any atom is 0.423 e. The van der Waals surface area contributed by atoms with E-state index in [4.69, 9.17) is 22.4 Å². The lowest BCUT2D eigenvalue weighted by molar-refractivity contribution is -0.277. The van der Waals surface area contributed by atoms with Gasteiger partial charge in [0.25, 0.3) is 0 Å². The van der Waals surface area contributed by atoms with Crippen LogP contribution in [-0.2, 0) is 5.60 Å². The van der Waals surface area contributed by atoms with Crippen LogP contribution in [0.5, 0.6) is 0 Å². The van der Waals surface area contributed by atoms with Crippen LogP contribution in [0.25, 0.3) is 11.3 Å². The number of halogens is 4. The van der Waals surface area contributed by atoms with E-state index in [2.05, 4.69) is 9.97 Å². The van der Waals surface area contributed by atoms with Gasteiger partial charge < -0.3 is 15.9 Å². The third-order valence-electron chi connectivity index (χ3n) is 3.44. The molecule has 0 amide bonds. The predicted molar refractivity (Wildman–Crippen MR) is 78.7 cm³/mol. The second kappa shape index (κ2) is 5.95. The van der Waals surface area contributed by atoms with Gasteiger partial charge in [-0.05, 0) is 24.1 Å². The van der Waals surface area contributed by atoms with Crippen LogP contribution in [-0.4, -0.2) is 33.0 Å². The van der Waals surface area contributed by atoms with Crippen molar-refractivity contribution in [1.29, 1.82) is 0 Å². The quantitative estimate of drug-likeness (QED) is 0.793. The Morgan fingerprint density at radius 1 is 1.30 bits per heavy atom. The van der Waals surface area contributed by atoms with Gasteiger partial charge in [-0.3, -0.25) is 0 Å². The van der Waals surface area contributed by atoms with E-state index in [0.29, 0.717) is 5.56 Å². The lowest BCUT2D eigenvalue weighted by atomic mass is 9.90. The number of nitrogens with two attached hydrogens (primary N) is 1. The molecule has 124 valence electrons. The summed E-state index contributed by atoms with van der Waals surface area (Å²) in [6, 6.07) is 3.56. The number of rotatable bonds is 3. The molecule has 1 aromatic carbocycles. The van der Waals surface area contributed by atoms with Crippen molar-refractivity contribution in [2.24, 2.45) is 0 Å². The average molecular weight is 348 g/mol. The normalized spacial score (nSPS) is 14.6. The van der Waals surface area contributed by atoms with Crippen molar-refractivity contribution in [2.45, 2.75) is 18.7 Å². The Bertz CT molecular complexity index is 740. The molecule has 1 heterocycles. The predicted octanol–water partition coefficient (Wildman–Crippen LogP) is 2.43. The molecule has 0 unspecified atom stereocenters. The number of aromatic nitrogens is 2. The molecule has 0 bridgehead atoms. The van der Waals surface area contributed by atoms with Crippen LogP contribution in [0, 0.1) is 6.92 Å². The first-order valence-electron chi connectivity index (χ1n) is 6.39. The van der Waals surface area contributed by atoms with Gasteiger partial charge >= 0.3 is 6.18 Å². The summed E-state index contributed by atoms with van der Waals surface area (Å²) in [5.41, 5.74) is 2.64. The molecule has 2 rings (SSSR count). The molecule has 0 radical (unpaired) electrons. The molecule has 0 saturated carbocycles. The molecule has 0 fully saturated rings. The molecule has 1 aromatic heterocycles. The highest BCUT2D eigenvalue weighted by Crippen LogP contribution is 2.40. The highest BCUT2D eigenvalue weighted by Gasteiger charge is 2.54. The Balaban J connectivity index is 2.62. The molecular formula is C14H13ClF3N3O2. The van der Waals surface area contributed by atoms with E-state index in [-0.39, 0.29) is 22.2 Å². The van der Waals surface area contributed by atoms with E-state index in [0.717, 1.165) is 12.1 Å². The molecule has 1 atom stereocenters. The number of nitrogens with zero attached hydrogens (tertiary/aromatic N) is 2. The lowest BCUT2D eigenvalue weighted by Gasteiger charge is -2.29. The highest BCUT2D eigenvalue weighted by molar-refractivity contribution is 6.31. The van der Waals surface area contributed by atoms with E-state index in [1.54, 1.807) is 6.92 Å². The number of benzene rings is 1. The van der Waals surface area contributed by atoms with Gasteiger partial charge in [0.15, 0.2) is 11.0 Å². The zero-order valence-corrected chi connectivity index (χ0v) is 12.7. The second-order valence-corrected chi connectivity index (χ2v) is 5.34. The molecule has 23 heavy (non-hydrogen) atoms. The summed E-state index contributed by atoms with van der Waals surface area (Å²) >= 11 is 5.78. The number of aryl methyl sites for hydroxylation is 1. The SMILES string of the molecule is Cc1ccc([C@](O)(CO)C(F)(F)F)cc1-c1cnc(N)c(Cl)n1. The number of anilines is 1. The summed E-state index contributed by atoms with van der Waals surface area (Å²) < 4.78 is 39.2. The Kier molecular flexibility index (Phi) is 4.52. The minimum absolute atomic E-state index is 0.00798. The largest absolute Gasteiger partial charge is 0.423 e. The molecule has 5 nitrogen and oxygen atoms in total. The molecule has 0 aliphatic carbocycles. The zero-order chi connectivity index (χ0) is 17.4. The first-order valence-corrected chi connectivity index (χ1v) is 6.77. The summed E-state index contributed by atoms with van der Waals surface area (Å²) in [7, 11) is 0. The number of aliphatic hydroxyl groups is 2. The zero-order valence-electron chi connectivity index (χ0n) is 11.9. The van der Waals surface area contributed by atoms with Gasteiger partial charge in [-0.1, -0.05) is 23.7 Å². The second-order valence-electron chi connectivity index (χ2n) is 4.98. The van der Waals surface area contributed by atoms with Crippen molar-refractivity contribution in [3.05, 3.63) is 40.7 Å². The van der Waals surface area contributed by atoms with Gasteiger partial charge in [-0.15, -0.1) is 0 Å². The third-order valence-corrected chi connectivity index (χ3v) is 3.72. The molecule has 0 spiro atoms. The van der Waals surface area contributed by atoms with Gasteiger partial charge in [-0.2, -0.15) is 13.2 Å². The van der Waals surface area contributed by atoms with Crippen LogP contribution in [0.4, 0.5) is 19.0 Å². The Morgan fingerprint density at radius 2 is 1.96 bits per heavy atom. The molecule has 0 aliphatic heterocycles. The van der Waals surface area contributed by atoms with Gasteiger partial charge in [0.1, 0.15) is 0 Å². The molecule has 2 aromatic rings. The highest BCUT2D eigenvalue weighted by atomic mass is 35.5. The molecule has 0 saturated heterocycles. The van der Waals surface area contributed by atoms with E-state index in [9.17, 15) is 18.3 Å². The van der Waals surface area contributed by atoms with Gasteiger partial charge in [0.05, 0.1) is 18.5 Å². The van der Waals surface area contributed by atoms with Crippen molar-refractivity contribution >= 4 is 17.4 Å². The topological polar surface area (TPSA) is 92.3 Å². The summed E-state index contributed by atoms with van der Waals surface area (Å²) in [5.74, 6) is -0.00798. The smallest absolute Gasteiger partial charge is 0.393 e.